The lowest BCUT2D eigenvalue weighted by molar-refractivity contribution is -0.151. The van der Waals surface area contributed by atoms with Crippen molar-refractivity contribution in [2.24, 2.45) is 10.7 Å². The van der Waals surface area contributed by atoms with E-state index < -0.39 is 29.5 Å². The number of amides is 1. The summed E-state index contributed by atoms with van der Waals surface area (Å²) in [5, 5.41) is 0. The van der Waals surface area contributed by atoms with Crippen LogP contribution in [0.4, 0.5) is 8.78 Å². The molecular formula is C20H18F2N4O3. The third-order valence-electron chi connectivity index (χ3n) is 5.75. The van der Waals surface area contributed by atoms with E-state index >= 15 is 0 Å². The first-order chi connectivity index (χ1) is 13.9. The summed E-state index contributed by atoms with van der Waals surface area (Å²) in [6, 6.07) is 5.49. The minimum Gasteiger partial charge on any atom is -0.487 e. The molecule has 150 valence electrons. The van der Waals surface area contributed by atoms with E-state index in [1.807, 2.05) is 0 Å². The molecule has 1 saturated heterocycles. The standard InChI is InChI=1S/C20H18F2N4O3/c1-26-18(27)20(25-19(26)23)12-8-11(10-4-2-6-24-17(10)22)13(21)9-15(12)29-14-5-3-7-28-16(14)20/h2,4,6,8-9,14,16H,3,5,7H2,1H3,(H2,23,25)/t14-,16-,20+/m0/s1. The molecule has 4 heterocycles. The Morgan fingerprint density at radius 2 is 2.14 bits per heavy atom. The van der Waals surface area contributed by atoms with Crippen LogP contribution in [0.1, 0.15) is 18.4 Å². The second-order valence-corrected chi connectivity index (χ2v) is 7.36. The van der Waals surface area contributed by atoms with Crippen LogP contribution in [0, 0.1) is 11.8 Å². The van der Waals surface area contributed by atoms with Crippen LogP contribution >= 0.6 is 0 Å². The molecule has 2 N–H and O–H groups in total. The van der Waals surface area contributed by atoms with Gasteiger partial charge in [0.25, 0.3) is 5.91 Å². The van der Waals surface area contributed by atoms with Crippen molar-refractivity contribution in [2.45, 2.75) is 30.6 Å². The monoisotopic (exact) mass is 400 g/mol. The van der Waals surface area contributed by atoms with Gasteiger partial charge < -0.3 is 15.2 Å². The summed E-state index contributed by atoms with van der Waals surface area (Å²) in [5.74, 6) is -1.67. The molecule has 1 aromatic carbocycles. The molecule has 1 amide bonds. The first kappa shape index (κ1) is 18.0. The van der Waals surface area contributed by atoms with Gasteiger partial charge in [0, 0.05) is 42.6 Å². The number of pyridine rings is 1. The Balaban J connectivity index is 1.78. The number of halogens is 2. The minimum absolute atomic E-state index is 0.0228. The highest BCUT2D eigenvalue weighted by Gasteiger charge is 2.61. The van der Waals surface area contributed by atoms with Gasteiger partial charge in [0.2, 0.25) is 11.5 Å². The van der Waals surface area contributed by atoms with E-state index in [0.29, 0.717) is 18.6 Å². The molecule has 3 aliphatic heterocycles. The van der Waals surface area contributed by atoms with E-state index in [1.165, 1.54) is 42.4 Å². The van der Waals surface area contributed by atoms with E-state index in [2.05, 4.69) is 9.98 Å². The molecule has 3 atom stereocenters. The molecule has 1 fully saturated rings. The third-order valence-corrected chi connectivity index (χ3v) is 5.75. The Morgan fingerprint density at radius 1 is 1.31 bits per heavy atom. The molecule has 7 nitrogen and oxygen atoms in total. The van der Waals surface area contributed by atoms with Gasteiger partial charge in [-0.1, -0.05) is 0 Å². The lowest BCUT2D eigenvalue weighted by Gasteiger charge is -2.45. The molecule has 0 aliphatic carbocycles. The van der Waals surface area contributed by atoms with Crippen molar-refractivity contribution in [2.75, 3.05) is 13.7 Å². The van der Waals surface area contributed by atoms with Crippen LogP contribution in [0.15, 0.2) is 35.5 Å². The maximum absolute atomic E-state index is 14.9. The molecule has 1 aromatic heterocycles. The van der Waals surface area contributed by atoms with Gasteiger partial charge in [-0.05, 0) is 31.0 Å². The van der Waals surface area contributed by atoms with Crippen LogP contribution in [0.2, 0.25) is 0 Å². The number of guanidine groups is 1. The van der Waals surface area contributed by atoms with E-state index in [9.17, 15) is 13.6 Å². The van der Waals surface area contributed by atoms with Gasteiger partial charge in [0.05, 0.1) is 0 Å². The van der Waals surface area contributed by atoms with Crippen molar-refractivity contribution < 1.29 is 23.0 Å². The maximum atomic E-state index is 14.9. The summed E-state index contributed by atoms with van der Waals surface area (Å²) in [4.78, 5) is 22.7. The predicted octanol–water partition coefficient (Wildman–Crippen LogP) is 1.95. The Kier molecular flexibility index (Phi) is 3.86. The van der Waals surface area contributed by atoms with Gasteiger partial charge in [0.15, 0.2) is 5.96 Å². The summed E-state index contributed by atoms with van der Waals surface area (Å²) >= 11 is 0. The summed E-state index contributed by atoms with van der Waals surface area (Å²) < 4.78 is 41.1. The largest absolute Gasteiger partial charge is 0.487 e. The SMILES string of the molecule is CN1C(=O)[C@@]2(N=C1N)c1cc(-c3cccnc3F)c(F)cc1O[C@H]1CCCO[C@@H]12. The summed E-state index contributed by atoms with van der Waals surface area (Å²) in [7, 11) is 1.52. The highest BCUT2D eigenvalue weighted by molar-refractivity contribution is 6.08. The van der Waals surface area contributed by atoms with Crippen LogP contribution in [0.3, 0.4) is 0 Å². The number of ether oxygens (including phenoxy) is 2. The number of aliphatic imine (C=N–C) groups is 1. The summed E-state index contributed by atoms with van der Waals surface area (Å²) in [6.45, 7) is 0.444. The Labute approximate surface area is 165 Å². The number of hydrogen-bond donors (Lipinski definition) is 1. The highest BCUT2D eigenvalue weighted by atomic mass is 19.1. The van der Waals surface area contributed by atoms with Crippen LogP contribution in [0.25, 0.3) is 11.1 Å². The molecule has 0 unspecified atom stereocenters. The lowest BCUT2D eigenvalue weighted by atomic mass is 9.76. The fourth-order valence-corrected chi connectivity index (χ4v) is 4.35. The van der Waals surface area contributed by atoms with Crippen LogP contribution in [0.5, 0.6) is 5.75 Å². The Hall–Kier alpha value is -3.07. The average molecular weight is 400 g/mol. The van der Waals surface area contributed by atoms with Gasteiger partial charge in [-0.2, -0.15) is 4.39 Å². The molecule has 2 aromatic rings. The second-order valence-electron chi connectivity index (χ2n) is 7.36. The Bertz CT molecular complexity index is 1060. The quantitative estimate of drug-likeness (QED) is 0.739. The van der Waals surface area contributed by atoms with Crippen molar-refractivity contribution in [1.29, 1.82) is 0 Å². The summed E-state index contributed by atoms with van der Waals surface area (Å²) in [6.07, 6.45) is 1.48. The third kappa shape index (κ3) is 2.40. The van der Waals surface area contributed by atoms with Crippen molar-refractivity contribution in [3.63, 3.8) is 0 Å². The number of rotatable bonds is 1. The molecule has 5 rings (SSSR count). The van der Waals surface area contributed by atoms with Crippen molar-refractivity contribution in [3.8, 4) is 16.9 Å². The molecule has 0 saturated carbocycles. The van der Waals surface area contributed by atoms with Crippen molar-refractivity contribution in [3.05, 3.63) is 47.8 Å². The lowest BCUT2D eigenvalue weighted by Crippen LogP contribution is -2.59. The topological polar surface area (TPSA) is 90.0 Å². The van der Waals surface area contributed by atoms with E-state index in [1.54, 1.807) is 0 Å². The number of carbonyl (C=O) groups is 1. The van der Waals surface area contributed by atoms with Gasteiger partial charge in [-0.25, -0.2) is 14.4 Å². The second kappa shape index (κ2) is 6.21. The van der Waals surface area contributed by atoms with E-state index in [0.717, 1.165) is 6.42 Å². The number of aromatic nitrogens is 1. The Morgan fingerprint density at radius 3 is 2.86 bits per heavy atom. The molecule has 1 spiro atoms. The number of fused-ring (bicyclic) bond motifs is 4. The molecule has 0 bridgehead atoms. The number of hydrogen-bond acceptors (Lipinski definition) is 6. The molecular weight excluding hydrogens is 382 g/mol. The zero-order valence-corrected chi connectivity index (χ0v) is 15.6. The fraction of sp³-hybridized carbons (Fsp3) is 0.350. The number of carbonyl (C=O) groups excluding carboxylic acids is 1. The number of nitrogens with zero attached hydrogens (tertiary/aromatic N) is 3. The van der Waals surface area contributed by atoms with Gasteiger partial charge in [-0.3, -0.25) is 9.69 Å². The van der Waals surface area contributed by atoms with Gasteiger partial charge >= 0.3 is 0 Å². The molecule has 0 radical (unpaired) electrons. The average Bonchev–Trinajstić information content (AvgIpc) is 2.93. The fourth-order valence-electron chi connectivity index (χ4n) is 4.35. The number of nitrogens with two attached hydrogens (primary N) is 1. The predicted molar refractivity (Wildman–Crippen MR) is 99.0 cm³/mol. The highest BCUT2D eigenvalue weighted by Crippen LogP contribution is 2.50. The smallest absolute Gasteiger partial charge is 0.264 e. The van der Waals surface area contributed by atoms with Crippen molar-refractivity contribution >= 4 is 11.9 Å². The van der Waals surface area contributed by atoms with Crippen molar-refractivity contribution in [1.82, 2.24) is 9.88 Å². The number of likely N-dealkylation sites (N-methyl/N-ethyl adjacent to an activating group) is 1. The minimum atomic E-state index is -1.50. The van der Waals surface area contributed by atoms with Crippen LogP contribution < -0.4 is 10.5 Å². The molecule has 29 heavy (non-hydrogen) atoms. The van der Waals surface area contributed by atoms with E-state index in [4.69, 9.17) is 15.2 Å². The number of benzene rings is 1. The maximum Gasteiger partial charge on any atom is 0.264 e. The molecule has 3 aliphatic rings. The normalized spacial score (nSPS) is 28.0. The zero-order valence-electron chi connectivity index (χ0n) is 15.6. The van der Waals surface area contributed by atoms with E-state index in [-0.39, 0.29) is 28.7 Å². The molecule has 9 heteroatoms. The summed E-state index contributed by atoms with van der Waals surface area (Å²) in [5.41, 5.74) is 4.71. The van der Waals surface area contributed by atoms with Crippen LogP contribution in [-0.2, 0) is 15.1 Å². The first-order valence-electron chi connectivity index (χ1n) is 9.30. The van der Waals surface area contributed by atoms with Gasteiger partial charge in [-0.15, -0.1) is 0 Å². The first-order valence-corrected chi connectivity index (χ1v) is 9.30. The van der Waals surface area contributed by atoms with Gasteiger partial charge in [0.1, 0.15) is 23.8 Å². The zero-order chi connectivity index (χ0) is 20.3. The van der Waals surface area contributed by atoms with Crippen LogP contribution in [-0.4, -0.2) is 47.6 Å².